The van der Waals surface area contributed by atoms with Crippen LogP contribution in [0.5, 0.6) is 0 Å². The Morgan fingerprint density at radius 2 is 1.96 bits per heavy atom. The van der Waals surface area contributed by atoms with Gasteiger partial charge in [-0.25, -0.2) is 0 Å². The minimum atomic E-state index is 0.460. The number of aromatic amines is 1. The van der Waals surface area contributed by atoms with Crippen LogP contribution in [-0.4, -0.2) is 34.5 Å². The highest BCUT2D eigenvalue weighted by molar-refractivity contribution is 7.80. The summed E-state index contributed by atoms with van der Waals surface area (Å²) in [5.74, 6) is 0. The number of rotatable bonds is 7. The first-order valence-electron chi connectivity index (χ1n) is 10.1. The molecule has 144 valence electrons. The summed E-state index contributed by atoms with van der Waals surface area (Å²) in [4.78, 5) is 6.39. The molecule has 2 heterocycles. The Labute approximate surface area is 172 Å². The lowest BCUT2D eigenvalue weighted by Crippen LogP contribution is -2.29. The quantitative estimate of drug-likeness (QED) is 0.446. The van der Waals surface area contributed by atoms with Crippen molar-refractivity contribution < 1.29 is 0 Å². The normalized spacial score (nSPS) is 14.9. The fraction of sp³-hybridized carbons (Fsp3) is 0.292. The van der Waals surface area contributed by atoms with Gasteiger partial charge in [-0.05, 0) is 67.1 Å². The maximum atomic E-state index is 5.79. The number of nitrogens with two attached hydrogens (primary N) is 1. The van der Waals surface area contributed by atoms with Crippen molar-refractivity contribution in [3.63, 3.8) is 0 Å². The molecule has 2 aromatic carbocycles. The molecule has 0 aliphatic carbocycles. The van der Waals surface area contributed by atoms with E-state index in [4.69, 9.17) is 18.0 Å². The number of aryl methyl sites for hydroxylation is 1. The fourth-order valence-corrected chi connectivity index (χ4v) is 4.15. The average molecular weight is 390 g/mol. The van der Waals surface area contributed by atoms with E-state index in [0.717, 1.165) is 37.0 Å². The second-order valence-corrected chi connectivity index (χ2v) is 7.98. The van der Waals surface area contributed by atoms with Crippen molar-refractivity contribution in [1.29, 1.82) is 0 Å². The maximum absolute atomic E-state index is 5.79. The summed E-state index contributed by atoms with van der Waals surface area (Å²) in [5, 5.41) is 1.25. The molecule has 0 bridgehead atoms. The van der Waals surface area contributed by atoms with Crippen LogP contribution in [0.15, 0.2) is 60.8 Å². The first kappa shape index (κ1) is 18.9. The Bertz CT molecular complexity index is 988. The van der Waals surface area contributed by atoms with Gasteiger partial charge in [0.2, 0.25) is 0 Å². The van der Waals surface area contributed by atoms with Crippen molar-refractivity contribution in [3.05, 3.63) is 77.5 Å². The minimum absolute atomic E-state index is 0.460. The van der Waals surface area contributed by atoms with E-state index >= 15 is 0 Å². The van der Waals surface area contributed by atoms with Crippen molar-refractivity contribution in [1.82, 2.24) is 9.88 Å². The predicted octanol–water partition coefficient (Wildman–Crippen LogP) is 4.91. The number of H-pyrrole nitrogens is 1. The topological polar surface area (TPSA) is 45.1 Å². The van der Waals surface area contributed by atoms with E-state index < -0.39 is 0 Å². The largest absolute Gasteiger partial charge is 0.389 e. The van der Waals surface area contributed by atoms with E-state index in [1.165, 1.54) is 41.5 Å². The molecule has 1 aromatic heterocycles. The second kappa shape index (κ2) is 8.72. The van der Waals surface area contributed by atoms with Gasteiger partial charge in [0.05, 0.1) is 0 Å². The molecule has 3 nitrogen and oxygen atoms in total. The summed E-state index contributed by atoms with van der Waals surface area (Å²) in [7, 11) is 0. The highest BCUT2D eigenvalue weighted by Crippen LogP contribution is 2.23. The molecule has 0 radical (unpaired) electrons. The summed E-state index contributed by atoms with van der Waals surface area (Å²) in [6, 6.07) is 16.9. The molecule has 28 heavy (non-hydrogen) atoms. The molecule has 1 aliphatic rings. The molecule has 0 saturated carbocycles. The SMILES string of the molecule is NC(=S)c1ccc2[nH]cc(CCCCN3CC=C(c4ccccc4)CC3)c2c1. The number of unbranched alkanes of at least 4 members (excludes halogenated alkanes) is 1. The van der Waals surface area contributed by atoms with Crippen LogP contribution in [0, 0.1) is 0 Å². The van der Waals surface area contributed by atoms with Crippen molar-refractivity contribution in [2.75, 3.05) is 19.6 Å². The molecule has 0 spiro atoms. The monoisotopic (exact) mass is 389 g/mol. The summed E-state index contributed by atoms with van der Waals surface area (Å²) in [5.41, 5.74) is 12.1. The predicted molar refractivity (Wildman–Crippen MR) is 123 cm³/mol. The second-order valence-electron chi connectivity index (χ2n) is 7.54. The van der Waals surface area contributed by atoms with E-state index in [0.29, 0.717) is 4.99 Å². The molecule has 3 aromatic rings. The summed E-state index contributed by atoms with van der Waals surface area (Å²) in [6.07, 6.45) is 9.17. The third-order valence-electron chi connectivity index (χ3n) is 5.66. The zero-order valence-corrected chi connectivity index (χ0v) is 17.0. The maximum Gasteiger partial charge on any atom is 0.104 e. The van der Waals surface area contributed by atoms with Gasteiger partial charge in [-0.3, -0.25) is 4.90 Å². The summed E-state index contributed by atoms with van der Waals surface area (Å²) in [6.45, 7) is 3.39. The van der Waals surface area contributed by atoms with Crippen LogP contribution in [0.25, 0.3) is 16.5 Å². The lowest BCUT2D eigenvalue weighted by Gasteiger charge is -2.26. The van der Waals surface area contributed by atoms with Crippen molar-refractivity contribution in [2.45, 2.75) is 25.7 Å². The molecule has 0 unspecified atom stereocenters. The third kappa shape index (κ3) is 4.34. The van der Waals surface area contributed by atoms with Gasteiger partial charge < -0.3 is 10.7 Å². The molecule has 0 atom stereocenters. The van der Waals surface area contributed by atoms with E-state index in [-0.39, 0.29) is 0 Å². The summed E-state index contributed by atoms with van der Waals surface area (Å²) >= 11 is 5.12. The van der Waals surface area contributed by atoms with Gasteiger partial charge in [0, 0.05) is 35.8 Å². The van der Waals surface area contributed by atoms with Crippen LogP contribution < -0.4 is 5.73 Å². The van der Waals surface area contributed by atoms with E-state index in [1.54, 1.807) is 0 Å². The highest BCUT2D eigenvalue weighted by Gasteiger charge is 2.12. The molecule has 0 amide bonds. The number of nitrogens with zero attached hydrogens (tertiary/aromatic N) is 1. The lowest BCUT2D eigenvalue weighted by molar-refractivity contribution is 0.295. The van der Waals surface area contributed by atoms with Crippen LogP contribution in [0.1, 0.15) is 36.0 Å². The van der Waals surface area contributed by atoms with Gasteiger partial charge in [0.15, 0.2) is 0 Å². The molecular weight excluding hydrogens is 362 g/mol. The summed E-state index contributed by atoms with van der Waals surface area (Å²) < 4.78 is 0. The molecule has 4 rings (SSSR count). The number of nitrogens with one attached hydrogen (secondary N) is 1. The first-order chi connectivity index (χ1) is 13.7. The van der Waals surface area contributed by atoms with Crippen LogP contribution >= 0.6 is 12.2 Å². The number of hydrogen-bond acceptors (Lipinski definition) is 2. The van der Waals surface area contributed by atoms with E-state index in [9.17, 15) is 0 Å². The number of hydrogen-bond donors (Lipinski definition) is 2. The zero-order chi connectivity index (χ0) is 19.3. The van der Waals surface area contributed by atoms with Crippen molar-refractivity contribution >= 4 is 33.7 Å². The van der Waals surface area contributed by atoms with Crippen molar-refractivity contribution in [2.24, 2.45) is 5.73 Å². The average Bonchev–Trinajstić information content (AvgIpc) is 3.14. The fourth-order valence-electron chi connectivity index (χ4n) is 4.02. The first-order valence-corrected chi connectivity index (χ1v) is 10.5. The molecule has 0 saturated heterocycles. The van der Waals surface area contributed by atoms with Gasteiger partial charge in [0.25, 0.3) is 0 Å². The molecule has 1 aliphatic heterocycles. The highest BCUT2D eigenvalue weighted by atomic mass is 32.1. The van der Waals surface area contributed by atoms with Gasteiger partial charge in [-0.15, -0.1) is 0 Å². The van der Waals surface area contributed by atoms with Crippen LogP contribution in [0.4, 0.5) is 0 Å². The van der Waals surface area contributed by atoms with Gasteiger partial charge in [-0.2, -0.15) is 0 Å². The van der Waals surface area contributed by atoms with Crippen LogP contribution in [0.2, 0.25) is 0 Å². The van der Waals surface area contributed by atoms with E-state index in [2.05, 4.69) is 64.6 Å². The third-order valence-corrected chi connectivity index (χ3v) is 5.90. The number of benzene rings is 2. The Balaban J connectivity index is 1.28. The lowest BCUT2D eigenvalue weighted by atomic mass is 9.99. The Kier molecular flexibility index (Phi) is 5.89. The Morgan fingerprint density at radius 1 is 1.11 bits per heavy atom. The smallest absolute Gasteiger partial charge is 0.104 e. The van der Waals surface area contributed by atoms with Crippen LogP contribution in [-0.2, 0) is 6.42 Å². The minimum Gasteiger partial charge on any atom is -0.389 e. The Hall–Kier alpha value is -2.43. The van der Waals surface area contributed by atoms with E-state index in [1.807, 2.05) is 6.07 Å². The molecule has 0 fully saturated rings. The standard InChI is InChI=1S/C24H27N3S/c25-24(28)20-9-10-23-22(16-20)21(17-26-23)8-4-5-13-27-14-11-19(12-15-27)18-6-2-1-3-7-18/h1-3,6-7,9-11,16-17,26H,4-5,8,12-15H2,(H2,25,28). The van der Waals surface area contributed by atoms with Gasteiger partial charge >= 0.3 is 0 Å². The number of fused-ring (bicyclic) bond motifs is 1. The van der Waals surface area contributed by atoms with Gasteiger partial charge in [-0.1, -0.05) is 48.6 Å². The van der Waals surface area contributed by atoms with Crippen LogP contribution in [0.3, 0.4) is 0 Å². The van der Waals surface area contributed by atoms with Crippen molar-refractivity contribution in [3.8, 4) is 0 Å². The zero-order valence-electron chi connectivity index (χ0n) is 16.2. The molecule has 3 N–H and O–H groups in total. The molecule has 4 heteroatoms. The molecular formula is C24H27N3S. The number of thiocarbonyl (C=S) groups is 1. The number of aromatic nitrogens is 1. The van der Waals surface area contributed by atoms with Gasteiger partial charge in [0.1, 0.15) is 4.99 Å². The Morgan fingerprint density at radius 3 is 2.71 bits per heavy atom.